The molecule has 0 aromatic heterocycles. The van der Waals surface area contributed by atoms with Gasteiger partial charge in [0.15, 0.2) is 0 Å². The van der Waals surface area contributed by atoms with Crippen molar-refractivity contribution < 1.29 is 43.1 Å². The molecule has 0 spiro atoms. The lowest BCUT2D eigenvalue weighted by molar-refractivity contribution is -0.902. The molecule has 0 bridgehead atoms. The van der Waals surface area contributed by atoms with Gasteiger partial charge < -0.3 is 38.3 Å². The number of rotatable bonds is 8. The maximum Gasteiger partial charge on any atom is 0.302 e. The predicted octanol–water partition coefficient (Wildman–Crippen LogP) is 6.21. The standard InChI is InChI=1S/C42H70NO3.HI/c1-12-26-43(11,27-13-2)28-14-15-35(45)42-23-18-31(29(3)4)37(42)32-16-17-34-39(8)21-20-36(46-30(5)44)38(6,7)33(39)19-22-41(34,10)40(32,9)24-25-42;/h31-37,45H,3,12-13,16-28H2,1-2,4-11H3;1H/q+1;/p-1/t31-,32+,33-,34+,35+,36-,37+,39-,40+,41+,42+;/m0./s1. The van der Waals surface area contributed by atoms with Gasteiger partial charge in [-0.3, -0.25) is 4.79 Å². The van der Waals surface area contributed by atoms with E-state index in [4.69, 9.17) is 4.74 Å². The lowest BCUT2D eigenvalue weighted by Crippen LogP contribution is -3.00. The highest BCUT2D eigenvalue weighted by Gasteiger charge is 2.71. The normalized spacial score (nSPS) is 42.6. The van der Waals surface area contributed by atoms with E-state index < -0.39 is 6.10 Å². The summed E-state index contributed by atoms with van der Waals surface area (Å²) in [5.41, 5.74) is 1.94. The summed E-state index contributed by atoms with van der Waals surface area (Å²) in [4.78, 5) is 12.1. The van der Waals surface area contributed by atoms with Gasteiger partial charge >= 0.3 is 5.97 Å². The SMILES string of the molecule is C=C(C)[C@@H]1CC[C@]2([C@H](O)C#CC[N+](C)(CCC)CCC)CC[C@]3(C)[C@H](CC[C@@H]4[C@@]5(C)CC[C@H](OC(C)=O)C(C)(C)[C@@H]5CC[C@]43C)[C@@H]12.[I-]. The number of quaternary nitrogens is 1. The first-order valence-electron chi connectivity index (χ1n) is 19.3. The molecule has 0 unspecified atom stereocenters. The number of carbonyl (C=O) groups excluding carboxylic acids is 1. The number of esters is 1. The zero-order valence-corrected chi connectivity index (χ0v) is 34.1. The number of carbonyl (C=O) groups is 1. The van der Waals surface area contributed by atoms with Crippen molar-refractivity contribution in [1.82, 2.24) is 0 Å². The molecule has 0 aromatic carbocycles. The number of fused-ring (bicyclic) bond motifs is 7. The number of halogens is 1. The largest absolute Gasteiger partial charge is 1.00 e. The van der Waals surface area contributed by atoms with Crippen LogP contribution in [-0.4, -0.2) is 54.4 Å². The van der Waals surface area contributed by atoms with E-state index in [1.165, 1.54) is 37.7 Å². The van der Waals surface area contributed by atoms with Crippen LogP contribution < -0.4 is 24.0 Å². The monoisotopic (exact) mass is 763 g/mol. The minimum atomic E-state index is -0.556. The summed E-state index contributed by atoms with van der Waals surface area (Å²) >= 11 is 0. The minimum Gasteiger partial charge on any atom is -1.00 e. The minimum absolute atomic E-state index is 0. The summed E-state index contributed by atoms with van der Waals surface area (Å²) in [5.74, 6) is 9.71. The second-order valence-corrected chi connectivity index (χ2v) is 18.8. The predicted molar refractivity (Wildman–Crippen MR) is 190 cm³/mol. The molecule has 47 heavy (non-hydrogen) atoms. The van der Waals surface area contributed by atoms with Crippen LogP contribution in [0.1, 0.15) is 139 Å². The third-order valence-corrected chi connectivity index (χ3v) is 16.1. The van der Waals surface area contributed by atoms with E-state index in [9.17, 15) is 9.90 Å². The van der Waals surface area contributed by atoms with E-state index in [2.05, 4.69) is 80.9 Å². The summed E-state index contributed by atoms with van der Waals surface area (Å²) in [6, 6.07) is 0. The molecule has 0 radical (unpaired) electrons. The summed E-state index contributed by atoms with van der Waals surface area (Å²) in [5, 5.41) is 12.2. The lowest BCUT2D eigenvalue weighted by Gasteiger charge is -2.73. The van der Waals surface area contributed by atoms with Gasteiger partial charge in [0, 0.05) is 17.8 Å². The van der Waals surface area contributed by atoms with Crippen molar-refractivity contribution in [2.75, 3.05) is 26.7 Å². The number of hydrogen-bond donors (Lipinski definition) is 1. The van der Waals surface area contributed by atoms with Crippen molar-refractivity contribution in [3.8, 4) is 11.8 Å². The quantitative estimate of drug-likeness (QED) is 0.105. The Morgan fingerprint density at radius 2 is 1.55 bits per heavy atom. The molecule has 1 N–H and O–H groups in total. The topological polar surface area (TPSA) is 46.5 Å². The Morgan fingerprint density at radius 3 is 2.15 bits per heavy atom. The second kappa shape index (κ2) is 13.9. The summed E-state index contributed by atoms with van der Waals surface area (Å²) in [6.07, 6.45) is 13.5. The van der Waals surface area contributed by atoms with Crippen molar-refractivity contribution in [2.45, 2.75) is 152 Å². The average molecular weight is 764 g/mol. The van der Waals surface area contributed by atoms with Crippen LogP contribution in [0.5, 0.6) is 0 Å². The lowest BCUT2D eigenvalue weighted by atomic mass is 9.32. The first-order valence-corrected chi connectivity index (χ1v) is 19.3. The highest BCUT2D eigenvalue weighted by molar-refractivity contribution is 5.66. The maximum atomic E-state index is 12.2. The molecule has 0 aliphatic heterocycles. The number of hydrogen-bond acceptors (Lipinski definition) is 3. The molecule has 5 aliphatic rings. The van der Waals surface area contributed by atoms with Gasteiger partial charge in [-0.15, -0.1) is 0 Å². The van der Waals surface area contributed by atoms with E-state index in [1.54, 1.807) is 6.92 Å². The molecular formula is C42H70INO3. The van der Waals surface area contributed by atoms with Crippen LogP contribution in [0, 0.1) is 68.5 Å². The number of ether oxygens (including phenoxy) is 1. The molecular weight excluding hydrogens is 693 g/mol. The summed E-state index contributed by atoms with van der Waals surface area (Å²) in [6.45, 7) is 28.8. The van der Waals surface area contributed by atoms with Crippen molar-refractivity contribution in [3.63, 3.8) is 0 Å². The third-order valence-electron chi connectivity index (χ3n) is 16.1. The van der Waals surface area contributed by atoms with Crippen LogP contribution in [0.25, 0.3) is 0 Å². The summed E-state index contributed by atoms with van der Waals surface area (Å²) in [7, 11) is 2.34. The average Bonchev–Trinajstić information content (AvgIpc) is 3.36. The molecule has 0 aromatic rings. The molecule has 5 fully saturated rings. The van der Waals surface area contributed by atoms with Gasteiger partial charge in [-0.1, -0.05) is 66.5 Å². The van der Waals surface area contributed by atoms with Crippen LogP contribution in [0.2, 0.25) is 0 Å². The molecule has 268 valence electrons. The molecule has 5 saturated carbocycles. The number of aliphatic hydroxyl groups is 1. The van der Waals surface area contributed by atoms with Crippen LogP contribution in [-0.2, 0) is 9.53 Å². The fourth-order valence-corrected chi connectivity index (χ4v) is 13.9. The van der Waals surface area contributed by atoms with Gasteiger partial charge in [-0.05, 0) is 136 Å². The number of allylic oxidation sites excluding steroid dienone is 1. The van der Waals surface area contributed by atoms with Gasteiger partial charge in [-0.25, -0.2) is 0 Å². The molecule has 5 rings (SSSR count). The Balaban J connectivity index is 0.00000500. The van der Waals surface area contributed by atoms with Crippen LogP contribution in [0.3, 0.4) is 0 Å². The molecule has 11 atom stereocenters. The van der Waals surface area contributed by atoms with Gasteiger partial charge in [0.05, 0.1) is 20.1 Å². The number of aliphatic hydroxyl groups excluding tert-OH is 1. The molecule has 0 saturated heterocycles. The van der Waals surface area contributed by atoms with Crippen LogP contribution >= 0.6 is 0 Å². The molecule has 5 aliphatic carbocycles. The van der Waals surface area contributed by atoms with E-state index in [0.717, 1.165) is 69.1 Å². The molecule has 4 nitrogen and oxygen atoms in total. The van der Waals surface area contributed by atoms with E-state index >= 15 is 0 Å². The number of nitrogens with zero attached hydrogens (tertiary/aromatic N) is 1. The Kier molecular flexibility index (Phi) is 11.6. The first kappa shape index (κ1) is 39.2. The van der Waals surface area contributed by atoms with Crippen LogP contribution in [0.4, 0.5) is 0 Å². The zero-order chi connectivity index (χ0) is 33.9. The van der Waals surface area contributed by atoms with Crippen molar-refractivity contribution in [1.29, 1.82) is 0 Å². The maximum absolute atomic E-state index is 12.2. The van der Waals surface area contributed by atoms with Crippen molar-refractivity contribution in [3.05, 3.63) is 12.2 Å². The van der Waals surface area contributed by atoms with Crippen molar-refractivity contribution >= 4 is 5.97 Å². The molecule has 5 heteroatoms. The van der Waals surface area contributed by atoms with E-state index in [1.807, 2.05) is 0 Å². The molecule has 0 heterocycles. The van der Waals surface area contributed by atoms with E-state index in [-0.39, 0.29) is 63.1 Å². The Morgan fingerprint density at radius 1 is 0.894 bits per heavy atom. The third kappa shape index (κ3) is 6.21. The smallest absolute Gasteiger partial charge is 0.302 e. The fourth-order valence-electron chi connectivity index (χ4n) is 13.9. The Bertz CT molecular complexity index is 1230. The molecule has 0 amide bonds. The van der Waals surface area contributed by atoms with Crippen molar-refractivity contribution in [2.24, 2.45) is 56.7 Å². The van der Waals surface area contributed by atoms with Gasteiger partial charge in [0.1, 0.15) is 18.8 Å². The van der Waals surface area contributed by atoms with Gasteiger partial charge in [-0.2, -0.15) is 0 Å². The highest BCUT2D eigenvalue weighted by atomic mass is 127. The highest BCUT2D eigenvalue weighted by Crippen LogP contribution is 2.78. The van der Waals surface area contributed by atoms with E-state index in [0.29, 0.717) is 29.6 Å². The summed E-state index contributed by atoms with van der Waals surface area (Å²) < 4.78 is 6.95. The second-order valence-electron chi connectivity index (χ2n) is 18.8. The first-order chi connectivity index (χ1) is 21.5. The van der Waals surface area contributed by atoms with Crippen LogP contribution in [0.15, 0.2) is 12.2 Å². The zero-order valence-electron chi connectivity index (χ0n) is 31.9. The van der Waals surface area contributed by atoms with Gasteiger partial charge in [0.2, 0.25) is 0 Å². The van der Waals surface area contributed by atoms with Gasteiger partial charge in [0.25, 0.3) is 0 Å². The Hall–Kier alpha value is -0.580. The Labute approximate surface area is 306 Å². The fraction of sp³-hybridized carbons (Fsp3) is 0.881.